The fourth-order valence-electron chi connectivity index (χ4n) is 3.28. The summed E-state index contributed by atoms with van der Waals surface area (Å²) in [6.45, 7) is 2.17. The van der Waals surface area contributed by atoms with Crippen molar-refractivity contribution in [3.8, 4) is 11.5 Å². The van der Waals surface area contributed by atoms with Gasteiger partial charge in [0.1, 0.15) is 6.61 Å². The SMILES string of the molecule is COc1cc(/C=C2\SC(=N)N(c3ccc(C)c(Cl)c3)C2=O)ccc1OCc1ccc(Cl)c(Cl)c1. The highest BCUT2D eigenvalue weighted by Gasteiger charge is 2.33. The topological polar surface area (TPSA) is 62.6 Å². The van der Waals surface area contributed by atoms with Crippen LogP contribution in [0.25, 0.3) is 6.08 Å². The van der Waals surface area contributed by atoms with Gasteiger partial charge in [0, 0.05) is 5.02 Å². The number of carbonyl (C=O) groups excluding carboxylic acids is 1. The number of thioether (sulfide) groups is 1. The van der Waals surface area contributed by atoms with Gasteiger partial charge in [0.25, 0.3) is 5.91 Å². The number of amidine groups is 1. The summed E-state index contributed by atoms with van der Waals surface area (Å²) < 4.78 is 11.4. The van der Waals surface area contributed by atoms with E-state index in [4.69, 9.17) is 49.7 Å². The van der Waals surface area contributed by atoms with Crippen LogP contribution in [-0.2, 0) is 11.4 Å². The van der Waals surface area contributed by atoms with Crippen LogP contribution in [0, 0.1) is 12.3 Å². The van der Waals surface area contributed by atoms with Crippen molar-refractivity contribution < 1.29 is 14.3 Å². The van der Waals surface area contributed by atoms with Crippen LogP contribution in [-0.4, -0.2) is 18.2 Å². The Hall–Kier alpha value is -2.64. The Morgan fingerprint density at radius 2 is 1.76 bits per heavy atom. The first-order valence-corrected chi connectivity index (χ1v) is 12.1. The highest BCUT2D eigenvalue weighted by atomic mass is 35.5. The maximum absolute atomic E-state index is 13.0. The third kappa shape index (κ3) is 5.20. The van der Waals surface area contributed by atoms with Gasteiger partial charge in [-0.3, -0.25) is 15.1 Å². The van der Waals surface area contributed by atoms with Crippen molar-refractivity contribution in [2.75, 3.05) is 12.0 Å². The van der Waals surface area contributed by atoms with Gasteiger partial charge >= 0.3 is 0 Å². The van der Waals surface area contributed by atoms with Crippen molar-refractivity contribution in [1.82, 2.24) is 0 Å². The summed E-state index contributed by atoms with van der Waals surface area (Å²) in [5.74, 6) is 0.778. The maximum Gasteiger partial charge on any atom is 0.271 e. The lowest BCUT2D eigenvalue weighted by atomic mass is 10.1. The van der Waals surface area contributed by atoms with E-state index in [0.29, 0.717) is 37.2 Å². The first-order chi connectivity index (χ1) is 16.3. The van der Waals surface area contributed by atoms with E-state index in [2.05, 4.69) is 0 Å². The van der Waals surface area contributed by atoms with Crippen molar-refractivity contribution >= 4 is 69.4 Å². The van der Waals surface area contributed by atoms with Crippen molar-refractivity contribution in [2.45, 2.75) is 13.5 Å². The van der Waals surface area contributed by atoms with E-state index in [9.17, 15) is 4.79 Å². The molecular weight excluding hydrogens is 515 g/mol. The molecule has 1 heterocycles. The van der Waals surface area contributed by atoms with Gasteiger partial charge in [-0.25, -0.2) is 0 Å². The highest BCUT2D eigenvalue weighted by Crippen LogP contribution is 2.37. The molecule has 1 aliphatic rings. The zero-order valence-corrected chi connectivity index (χ0v) is 21.3. The van der Waals surface area contributed by atoms with E-state index < -0.39 is 0 Å². The zero-order chi connectivity index (χ0) is 24.4. The minimum atomic E-state index is -0.283. The number of halogens is 3. The van der Waals surface area contributed by atoms with Gasteiger partial charge < -0.3 is 9.47 Å². The van der Waals surface area contributed by atoms with Crippen LogP contribution in [0.5, 0.6) is 11.5 Å². The number of methoxy groups -OCH3 is 1. The van der Waals surface area contributed by atoms with Gasteiger partial charge in [-0.05, 0) is 77.9 Å². The van der Waals surface area contributed by atoms with E-state index in [1.54, 1.807) is 49.6 Å². The Morgan fingerprint density at radius 3 is 2.47 bits per heavy atom. The zero-order valence-electron chi connectivity index (χ0n) is 18.2. The molecule has 1 amide bonds. The van der Waals surface area contributed by atoms with Crippen LogP contribution >= 0.6 is 46.6 Å². The van der Waals surface area contributed by atoms with E-state index >= 15 is 0 Å². The fourth-order valence-corrected chi connectivity index (χ4v) is 4.63. The first kappa shape index (κ1) is 24.5. The summed E-state index contributed by atoms with van der Waals surface area (Å²) >= 11 is 19.3. The van der Waals surface area contributed by atoms with E-state index in [1.807, 2.05) is 25.1 Å². The smallest absolute Gasteiger partial charge is 0.271 e. The van der Waals surface area contributed by atoms with Crippen LogP contribution < -0.4 is 14.4 Å². The fraction of sp³-hybridized carbons (Fsp3) is 0.120. The number of nitrogens with zero attached hydrogens (tertiary/aromatic N) is 1. The summed E-state index contributed by atoms with van der Waals surface area (Å²) in [5.41, 5.74) is 3.07. The van der Waals surface area contributed by atoms with Gasteiger partial charge in [-0.15, -0.1) is 0 Å². The maximum atomic E-state index is 13.0. The number of amides is 1. The monoisotopic (exact) mass is 532 g/mol. The molecule has 3 aromatic carbocycles. The van der Waals surface area contributed by atoms with Crippen LogP contribution in [0.2, 0.25) is 15.1 Å². The van der Waals surface area contributed by atoms with Crippen LogP contribution in [0.4, 0.5) is 5.69 Å². The molecule has 174 valence electrons. The normalized spacial score (nSPS) is 14.7. The number of aryl methyl sites for hydroxylation is 1. The van der Waals surface area contributed by atoms with E-state index in [1.165, 1.54) is 4.90 Å². The molecule has 5 nitrogen and oxygen atoms in total. The Bertz CT molecular complexity index is 1330. The Labute approximate surface area is 216 Å². The Balaban J connectivity index is 1.53. The molecule has 1 fully saturated rings. The molecule has 0 spiro atoms. The minimum Gasteiger partial charge on any atom is -0.493 e. The largest absolute Gasteiger partial charge is 0.493 e. The lowest BCUT2D eigenvalue weighted by molar-refractivity contribution is -0.113. The van der Waals surface area contributed by atoms with Crippen LogP contribution in [0.3, 0.4) is 0 Å². The number of ether oxygens (including phenoxy) is 2. The quantitative estimate of drug-likeness (QED) is 0.331. The summed E-state index contributed by atoms with van der Waals surface area (Å²) in [7, 11) is 1.55. The Morgan fingerprint density at radius 1 is 0.971 bits per heavy atom. The predicted octanol–water partition coefficient (Wildman–Crippen LogP) is 7.60. The number of rotatable bonds is 6. The van der Waals surface area contributed by atoms with Crippen molar-refractivity contribution in [3.63, 3.8) is 0 Å². The van der Waals surface area contributed by atoms with E-state index in [-0.39, 0.29) is 17.7 Å². The molecule has 1 N–H and O–H groups in total. The van der Waals surface area contributed by atoms with Crippen LogP contribution in [0.1, 0.15) is 16.7 Å². The molecule has 9 heteroatoms. The number of hydrogen-bond acceptors (Lipinski definition) is 5. The van der Waals surface area contributed by atoms with Gasteiger partial charge in [0.15, 0.2) is 16.7 Å². The van der Waals surface area contributed by atoms with Crippen molar-refractivity contribution in [2.24, 2.45) is 0 Å². The molecule has 34 heavy (non-hydrogen) atoms. The average molecular weight is 534 g/mol. The minimum absolute atomic E-state index is 0.115. The summed E-state index contributed by atoms with van der Waals surface area (Å²) in [5, 5.41) is 9.90. The summed E-state index contributed by atoms with van der Waals surface area (Å²) in [4.78, 5) is 14.8. The second kappa shape index (κ2) is 10.3. The molecule has 0 saturated carbocycles. The van der Waals surface area contributed by atoms with Gasteiger partial charge in [0.05, 0.1) is 27.7 Å². The number of benzene rings is 3. The molecular formula is C25H19Cl3N2O3S. The number of nitrogens with one attached hydrogen (secondary N) is 1. The molecule has 1 aliphatic heterocycles. The molecule has 0 aromatic heterocycles. The lowest BCUT2D eigenvalue weighted by Crippen LogP contribution is -2.28. The summed E-state index contributed by atoms with van der Waals surface area (Å²) in [6, 6.07) is 16.0. The molecule has 0 unspecified atom stereocenters. The molecule has 1 saturated heterocycles. The third-order valence-corrected chi connectivity index (χ3v) is 7.14. The van der Waals surface area contributed by atoms with Gasteiger partial charge in [0.2, 0.25) is 0 Å². The molecule has 0 bridgehead atoms. The third-order valence-electron chi connectivity index (χ3n) is 5.10. The van der Waals surface area contributed by atoms with Gasteiger partial charge in [-0.1, -0.05) is 53.0 Å². The number of carbonyl (C=O) groups is 1. The molecule has 3 aromatic rings. The number of hydrogen-bond donors (Lipinski definition) is 1. The second-order valence-corrected chi connectivity index (χ2v) is 9.69. The lowest BCUT2D eigenvalue weighted by Gasteiger charge is -2.15. The van der Waals surface area contributed by atoms with E-state index in [0.717, 1.165) is 28.5 Å². The molecule has 0 atom stereocenters. The molecule has 4 rings (SSSR count). The Kier molecular flexibility index (Phi) is 7.43. The van der Waals surface area contributed by atoms with Crippen molar-refractivity contribution in [1.29, 1.82) is 5.41 Å². The molecule has 0 radical (unpaired) electrons. The molecule has 0 aliphatic carbocycles. The highest BCUT2D eigenvalue weighted by molar-refractivity contribution is 8.19. The predicted molar refractivity (Wildman–Crippen MR) is 141 cm³/mol. The average Bonchev–Trinajstić information content (AvgIpc) is 3.09. The van der Waals surface area contributed by atoms with Gasteiger partial charge in [-0.2, -0.15) is 0 Å². The standard InChI is InChI=1S/C25H19Cl3N2O3S/c1-14-3-6-17(12-19(14)27)30-24(31)23(34-25(30)29)11-15-5-8-21(22(10-15)32-2)33-13-16-4-7-18(26)20(28)9-16/h3-12,29H,13H2,1-2H3/b23-11-,29-25?. The first-order valence-electron chi connectivity index (χ1n) is 10.1. The summed E-state index contributed by atoms with van der Waals surface area (Å²) in [6.07, 6.45) is 1.72. The number of anilines is 1. The van der Waals surface area contributed by atoms with Crippen molar-refractivity contribution in [3.05, 3.63) is 91.3 Å². The van der Waals surface area contributed by atoms with Crippen LogP contribution in [0.15, 0.2) is 59.5 Å². The second-order valence-electron chi connectivity index (χ2n) is 7.44.